The summed E-state index contributed by atoms with van der Waals surface area (Å²) in [5.41, 5.74) is 2.18. The van der Waals surface area contributed by atoms with E-state index in [1.807, 2.05) is 62.4 Å². The largest absolute Gasteiger partial charge is 0.354 e. The van der Waals surface area contributed by atoms with Crippen molar-refractivity contribution in [2.24, 2.45) is 0 Å². The average Bonchev–Trinajstić information content (AvgIpc) is 2.79. The van der Waals surface area contributed by atoms with Crippen LogP contribution in [0.4, 0.5) is 0 Å². The van der Waals surface area contributed by atoms with Crippen molar-refractivity contribution >= 4 is 22.6 Å². The van der Waals surface area contributed by atoms with Crippen LogP contribution in [0, 0.1) is 0 Å². The zero-order valence-electron chi connectivity index (χ0n) is 17.8. The lowest BCUT2D eigenvalue weighted by Gasteiger charge is -2.29. The molecule has 0 saturated heterocycles. The molecule has 0 aliphatic rings. The van der Waals surface area contributed by atoms with E-state index in [4.69, 9.17) is 0 Å². The van der Waals surface area contributed by atoms with Crippen LogP contribution >= 0.6 is 0 Å². The van der Waals surface area contributed by atoms with Gasteiger partial charge in [0.15, 0.2) is 0 Å². The molecule has 0 heterocycles. The minimum atomic E-state index is -0.517. The number of hydrogen-bond acceptors (Lipinski definition) is 2. The summed E-state index contributed by atoms with van der Waals surface area (Å²) in [6.45, 7) is 4.87. The molecule has 1 atom stereocenters. The molecule has 0 aromatic heterocycles. The van der Waals surface area contributed by atoms with Crippen molar-refractivity contribution in [3.05, 3.63) is 83.9 Å². The van der Waals surface area contributed by atoms with Crippen LogP contribution in [0.25, 0.3) is 10.8 Å². The molecule has 0 aliphatic heterocycles. The van der Waals surface area contributed by atoms with Gasteiger partial charge < -0.3 is 10.2 Å². The number of aryl methyl sites for hydroxylation is 1. The van der Waals surface area contributed by atoms with Gasteiger partial charge in [-0.15, -0.1) is 0 Å². The zero-order valence-corrected chi connectivity index (χ0v) is 17.8. The minimum Gasteiger partial charge on any atom is -0.354 e. The maximum absolute atomic E-state index is 13.2. The van der Waals surface area contributed by atoms with Crippen molar-refractivity contribution < 1.29 is 9.59 Å². The molecule has 3 rings (SSSR count). The number of amides is 2. The zero-order chi connectivity index (χ0) is 21.3. The first-order chi connectivity index (χ1) is 14.6. The molecule has 4 heteroatoms. The van der Waals surface area contributed by atoms with Gasteiger partial charge in [0.05, 0.1) is 0 Å². The third kappa shape index (κ3) is 5.47. The maximum atomic E-state index is 13.2. The van der Waals surface area contributed by atoms with Crippen molar-refractivity contribution in [2.75, 3.05) is 6.54 Å². The van der Waals surface area contributed by atoms with E-state index in [0.717, 1.165) is 17.5 Å². The number of hydrogen-bond donors (Lipinski definition) is 1. The van der Waals surface area contributed by atoms with E-state index in [2.05, 4.69) is 29.6 Å². The van der Waals surface area contributed by atoms with Crippen molar-refractivity contribution in [1.29, 1.82) is 0 Å². The molecule has 156 valence electrons. The Kier molecular flexibility index (Phi) is 7.61. The molecule has 0 unspecified atom stereocenters. The van der Waals surface area contributed by atoms with Crippen molar-refractivity contribution in [3.63, 3.8) is 0 Å². The van der Waals surface area contributed by atoms with E-state index < -0.39 is 6.04 Å². The SMILES string of the molecule is CCCNC(=O)[C@@H](C)N(Cc1ccccc1)C(=O)CCc1cccc2ccccc12. The number of fused-ring (bicyclic) bond motifs is 1. The second kappa shape index (κ2) is 10.6. The fourth-order valence-corrected chi connectivity index (χ4v) is 3.65. The van der Waals surface area contributed by atoms with Crippen LogP contribution in [-0.2, 0) is 22.6 Å². The quantitative estimate of drug-likeness (QED) is 0.563. The third-order valence-electron chi connectivity index (χ3n) is 5.40. The molecule has 2 amide bonds. The van der Waals surface area contributed by atoms with Crippen LogP contribution in [-0.4, -0.2) is 29.3 Å². The Morgan fingerprint density at radius 3 is 2.40 bits per heavy atom. The van der Waals surface area contributed by atoms with E-state index in [0.29, 0.717) is 25.9 Å². The summed E-state index contributed by atoms with van der Waals surface area (Å²) >= 11 is 0. The van der Waals surface area contributed by atoms with Crippen molar-refractivity contribution in [3.8, 4) is 0 Å². The van der Waals surface area contributed by atoms with Gasteiger partial charge in [-0.25, -0.2) is 0 Å². The van der Waals surface area contributed by atoms with Gasteiger partial charge in [0, 0.05) is 19.5 Å². The summed E-state index contributed by atoms with van der Waals surface area (Å²) in [6.07, 6.45) is 1.88. The molecular weight excluding hydrogens is 372 g/mol. The van der Waals surface area contributed by atoms with Gasteiger partial charge in [0.1, 0.15) is 6.04 Å². The number of carbonyl (C=O) groups is 2. The number of benzene rings is 3. The minimum absolute atomic E-state index is 0.00839. The molecule has 1 N–H and O–H groups in total. The molecule has 0 radical (unpaired) electrons. The molecule has 0 spiro atoms. The molecule has 0 bridgehead atoms. The van der Waals surface area contributed by atoms with Crippen LogP contribution in [0.2, 0.25) is 0 Å². The smallest absolute Gasteiger partial charge is 0.242 e. The highest BCUT2D eigenvalue weighted by Gasteiger charge is 2.25. The van der Waals surface area contributed by atoms with Gasteiger partial charge in [-0.3, -0.25) is 9.59 Å². The molecule has 3 aromatic carbocycles. The van der Waals surface area contributed by atoms with Gasteiger partial charge in [-0.2, -0.15) is 0 Å². The predicted molar refractivity (Wildman–Crippen MR) is 122 cm³/mol. The molecule has 30 heavy (non-hydrogen) atoms. The highest BCUT2D eigenvalue weighted by molar-refractivity contribution is 5.88. The average molecular weight is 403 g/mol. The summed E-state index contributed by atoms with van der Waals surface area (Å²) < 4.78 is 0. The lowest BCUT2D eigenvalue weighted by Crippen LogP contribution is -2.47. The van der Waals surface area contributed by atoms with E-state index >= 15 is 0 Å². The number of rotatable bonds is 9. The van der Waals surface area contributed by atoms with Crippen molar-refractivity contribution in [1.82, 2.24) is 10.2 Å². The highest BCUT2D eigenvalue weighted by atomic mass is 16.2. The first-order valence-electron chi connectivity index (χ1n) is 10.7. The summed E-state index contributed by atoms with van der Waals surface area (Å²) in [4.78, 5) is 27.5. The molecule has 3 aromatic rings. The number of nitrogens with zero attached hydrogens (tertiary/aromatic N) is 1. The summed E-state index contributed by atoms with van der Waals surface area (Å²) in [6, 6.07) is 23.7. The molecule has 4 nitrogen and oxygen atoms in total. The molecule has 0 saturated carbocycles. The van der Waals surface area contributed by atoms with Gasteiger partial charge in [0.2, 0.25) is 11.8 Å². The van der Waals surface area contributed by atoms with E-state index in [-0.39, 0.29) is 11.8 Å². The Bertz CT molecular complexity index is 979. The molecular formula is C26H30N2O2. The predicted octanol–water partition coefficient (Wildman–Crippen LogP) is 4.72. The Morgan fingerprint density at radius 2 is 1.63 bits per heavy atom. The molecule has 0 aliphatic carbocycles. The van der Waals surface area contributed by atoms with Gasteiger partial charge >= 0.3 is 0 Å². The molecule has 0 fully saturated rings. The Hall–Kier alpha value is -3.14. The van der Waals surface area contributed by atoms with Crippen LogP contribution in [0.5, 0.6) is 0 Å². The van der Waals surface area contributed by atoms with E-state index in [1.165, 1.54) is 10.8 Å². The normalized spacial score (nSPS) is 11.8. The van der Waals surface area contributed by atoms with Crippen LogP contribution in [0.1, 0.15) is 37.8 Å². The monoisotopic (exact) mass is 402 g/mol. The number of carbonyl (C=O) groups excluding carboxylic acids is 2. The second-order valence-electron chi connectivity index (χ2n) is 7.61. The van der Waals surface area contributed by atoms with Crippen molar-refractivity contribution in [2.45, 2.75) is 45.7 Å². The van der Waals surface area contributed by atoms with E-state index in [9.17, 15) is 9.59 Å². The van der Waals surface area contributed by atoms with Crippen LogP contribution < -0.4 is 5.32 Å². The summed E-state index contributed by atoms with van der Waals surface area (Å²) in [5.74, 6) is -0.114. The standard InChI is InChI=1S/C26H30N2O2/c1-3-18-27-26(30)20(2)28(19-21-10-5-4-6-11-21)25(29)17-16-23-14-9-13-22-12-7-8-15-24(22)23/h4-15,20H,3,16-19H2,1-2H3,(H,27,30)/t20-/m1/s1. The lowest BCUT2D eigenvalue weighted by atomic mass is 10.0. The van der Waals surface area contributed by atoms with Gasteiger partial charge in [-0.05, 0) is 41.7 Å². The highest BCUT2D eigenvalue weighted by Crippen LogP contribution is 2.20. The fourth-order valence-electron chi connectivity index (χ4n) is 3.65. The fraction of sp³-hybridized carbons (Fsp3) is 0.308. The van der Waals surface area contributed by atoms with Crippen LogP contribution in [0.15, 0.2) is 72.8 Å². The third-order valence-corrected chi connectivity index (χ3v) is 5.40. The second-order valence-corrected chi connectivity index (χ2v) is 7.61. The van der Waals surface area contributed by atoms with Gasteiger partial charge in [-0.1, -0.05) is 79.7 Å². The maximum Gasteiger partial charge on any atom is 0.242 e. The topological polar surface area (TPSA) is 49.4 Å². The Labute approximate surface area is 178 Å². The Balaban J connectivity index is 1.76. The first-order valence-corrected chi connectivity index (χ1v) is 10.7. The first kappa shape index (κ1) is 21.6. The Morgan fingerprint density at radius 1 is 0.933 bits per heavy atom. The summed E-state index contributed by atoms with van der Waals surface area (Å²) in [7, 11) is 0. The van der Waals surface area contributed by atoms with Crippen LogP contribution in [0.3, 0.4) is 0 Å². The lowest BCUT2D eigenvalue weighted by molar-refractivity contribution is -0.140. The van der Waals surface area contributed by atoms with E-state index in [1.54, 1.807) is 4.90 Å². The van der Waals surface area contributed by atoms with Gasteiger partial charge in [0.25, 0.3) is 0 Å². The summed E-state index contributed by atoms with van der Waals surface area (Å²) in [5, 5.41) is 5.27. The number of nitrogens with one attached hydrogen (secondary N) is 1.